The third-order valence-electron chi connectivity index (χ3n) is 4.41. The Morgan fingerprint density at radius 2 is 2.00 bits per heavy atom. The monoisotopic (exact) mass is 300 g/mol. The van der Waals surface area contributed by atoms with E-state index in [-0.39, 0.29) is 24.5 Å². The minimum atomic E-state index is -0.885. The fourth-order valence-corrected chi connectivity index (χ4v) is 3.04. The lowest BCUT2D eigenvalue weighted by atomic mass is 9.94. The number of aliphatic carboxylic acids is 1. The standard InChI is InChI=1S/C14H24N2O5/c1-16(9-14(20)4-6-21-7-5-14)13(19)15-11-3-2-10(8-11)12(17)18/h10-11,20H,2-9H2,1H3,(H,15,19)(H,17,18)/t10-,11+/m1/s1. The van der Waals surface area contributed by atoms with Crippen LogP contribution in [0.15, 0.2) is 0 Å². The highest BCUT2D eigenvalue weighted by Gasteiger charge is 2.34. The Kier molecular flexibility index (Phi) is 5.05. The first-order chi connectivity index (χ1) is 9.89. The third-order valence-corrected chi connectivity index (χ3v) is 4.41. The summed E-state index contributed by atoms with van der Waals surface area (Å²) in [5.41, 5.74) is -0.885. The van der Waals surface area contributed by atoms with E-state index >= 15 is 0 Å². The number of carbonyl (C=O) groups excluding carboxylic acids is 1. The number of nitrogens with zero attached hydrogens (tertiary/aromatic N) is 1. The van der Waals surface area contributed by atoms with Crippen molar-refractivity contribution in [2.45, 2.75) is 43.7 Å². The molecule has 7 nitrogen and oxygen atoms in total. The van der Waals surface area contributed by atoms with Crippen LogP contribution in [0.1, 0.15) is 32.1 Å². The summed E-state index contributed by atoms with van der Waals surface area (Å²) in [4.78, 5) is 24.5. The summed E-state index contributed by atoms with van der Waals surface area (Å²) >= 11 is 0. The number of nitrogens with one attached hydrogen (secondary N) is 1. The maximum Gasteiger partial charge on any atom is 0.317 e. The molecule has 3 N–H and O–H groups in total. The van der Waals surface area contributed by atoms with Gasteiger partial charge in [0.25, 0.3) is 0 Å². The van der Waals surface area contributed by atoms with Crippen molar-refractivity contribution in [2.24, 2.45) is 5.92 Å². The molecule has 2 atom stereocenters. The molecule has 2 rings (SSSR count). The zero-order valence-corrected chi connectivity index (χ0v) is 12.4. The smallest absolute Gasteiger partial charge is 0.317 e. The fourth-order valence-electron chi connectivity index (χ4n) is 3.04. The normalized spacial score (nSPS) is 28.1. The summed E-state index contributed by atoms with van der Waals surface area (Å²) in [5, 5.41) is 22.2. The summed E-state index contributed by atoms with van der Waals surface area (Å²) in [7, 11) is 1.65. The van der Waals surface area contributed by atoms with E-state index in [0.29, 0.717) is 45.3 Å². The number of ether oxygens (including phenoxy) is 1. The Labute approximate surface area is 124 Å². The second-order valence-electron chi connectivity index (χ2n) is 6.19. The first kappa shape index (κ1) is 16.0. The van der Waals surface area contributed by atoms with Gasteiger partial charge in [0.15, 0.2) is 0 Å². The molecule has 0 aromatic carbocycles. The van der Waals surface area contributed by atoms with E-state index in [0.717, 1.165) is 0 Å². The van der Waals surface area contributed by atoms with Crippen molar-refractivity contribution in [3.8, 4) is 0 Å². The number of carbonyl (C=O) groups is 2. The number of hydrogen-bond donors (Lipinski definition) is 3. The van der Waals surface area contributed by atoms with Crippen molar-refractivity contribution in [1.29, 1.82) is 0 Å². The van der Waals surface area contributed by atoms with Crippen LogP contribution in [0.5, 0.6) is 0 Å². The molecule has 1 aliphatic heterocycles. The van der Waals surface area contributed by atoms with E-state index < -0.39 is 11.6 Å². The molecule has 1 saturated heterocycles. The molecule has 120 valence electrons. The van der Waals surface area contributed by atoms with Crippen molar-refractivity contribution in [3.05, 3.63) is 0 Å². The van der Waals surface area contributed by atoms with E-state index in [2.05, 4.69) is 5.32 Å². The van der Waals surface area contributed by atoms with Gasteiger partial charge in [-0.15, -0.1) is 0 Å². The number of likely N-dealkylation sites (N-methyl/N-ethyl adjacent to an activating group) is 1. The molecule has 0 aromatic rings. The summed E-state index contributed by atoms with van der Waals surface area (Å²) in [6.45, 7) is 1.28. The molecule has 7 heteroatoms. The lowest BCUT2D eigenvalue weighted by Crippen LogP contribution is -2.51. The van der Waals surface area contributed by atoms with Gasteiger partial charge in [-0.1, -0.05) is 0 Å². The van der Waals surface area contributed by atoms with Crippen LogP contribution in [-0.2, 0) is 9.53 Å². The van der Waals surface area contributed by atoms with Gasteiger partial charge in [0, 0.05) is 39.1 Å². The molecule has 2 aliphatic rings. The second-order valence-corrected chi connectivity index (χ2v) is 6.19. The zero-order chi connectivity index (χ0) is 15.5. The van der Waals surface area contributed by atoms with Crippen LogP contribution in [-0.4, -0.2) is 65.6 Å². The average molecular weight is 300 g/mol. The predicted octanol–water partition coefficient (Wildman–Crippen LogP) is 0.423. The summed E-state index contributed by atoms with van der Waals surface area (Å²) in [5.74, 6) is -1.16. The number of rotatable bonds is 4. The first-order valence-corrected chi connectivity index (χ1v) is 7.44. The molecule has 2 amide bonds. The van der Waals surface area contributed by atoms with Gasteiger partial charge < -0.3 is 25.2 Å². The maximum atomic E-state index is 12.1. The van der Waals surface area contributed by atoms with Crippen LogP contribution in [0.4, 0.5) is 4.79 Å². The van der Waals surface area contributed by atoms with Crippen LogP contribution >= 0.6 is 0 Å². The van der Waals surface area contributed by atoms with Crippen molar-refractivity contribution < 1.29 is 24.5 Å². The number of carboxylic acid groups (broad SMARTS) is 1. The molecular formula is C14H24N2O5. The van der Waals surface area contributed by atoms with Crippen molar-refractivity contribution in [2.75, 3.05) is 26.8 Å². The molecule has 0 aromatic heterocycles. The highest BCUT2D eigenvalue weighted by atomic mass is 16.5. The highest BCUT2D eigenvalue weighted by Crippen LogP contribution is 2.26. The summed E-state index contributed by atoms with van der Waals surface area (Å²) < 4.78 is 5.21. The van der Waals surface area contributed by atoms with Gasteiger partial charge in [-0.3, -0.25) is 4.79 Å². The quantitative estimate of drug-likeness (QED) is 0.699. The Hall–Kier alpha value is -1.34. The molecule has 1 aliphatic carbocycles. The van der Waals surface area contributed by atoms with Gasteiger partial charge in [0.1, 0.15) is 0 Å². The molecule has 0 unspecified atom stereocenters. The molecule has 1 heterocycles. The molecule has 0 radical (unpaired) electrons. The lowest BCUT2D eigenvalue weighted by molar-refractivity contribution is -0.141. The van der Waals surface area contributed by atoms with Gasteiger partial charge in [0.05, 0.1) is 18.1 Å². The second kappa shape index (κ2) is 6.62. The largest absolute Gasteiger partial charge is 0.481 e. The van der Waals surface area contributed by atoms with Crippen LogP contribution in [0.3, 0.4) is 0 Å². The van der Waals surface area contributed by atoms with E-state index in [1.807, 2.05) is 0 Å². The lowest BCUT2D eigenvalue weighted by Gasteiger charge is -2.35. The number of amides is 2. The van der Waals surface area contributed by atoms with Crippen LogP contribution in [0.2, 0.25) is 0 Å². The van der Waals surface area contributed by atoms with Crippen molar-refractivity contribution in [1.82, 2.24) is 10.2 Å². The average Bonchev–Trinajstić information content (AvgIpc) is 2.87. The van der Waals surface area contributed by atoms with Crippen molar-refractivity contribution >= 4 is 12.0 Å². The number of aliphatic hydroxyl groups is 1. The Bertz CT molecular complexity index is 395. The van der Waals surface area contributed by atoms with E-state index in [1.165, 1.54) is 4.90 Å². The topological polar surface area (TPSA) is 99.1 Å². The molecule has 2 fully saturated rings. The van der Waals surface area contributed by atoms with E-state index in [9.17, 15) is 14.7 Å². The first-order valence-electron chi connectivity index (χ1n) is 7.44. The summed E-state index contributed by atoms with van der Waals surface area (Å²) in [6, 6.07) is -0.351. The van der Waals surface area contributed by atoms with Crippen LogP contribution < -0.4 is 5.32 Å². The van der Waals surface area contributed by atoms with Crippen LogP contribution in [0.25, 0.3) is 0 Å². The number of urea groups is 1. The SMILES string of the molecule is CN(CC1(O)CCOCC1)C(=O)N[C@H]1CC[C@@H](C(=O)O)C1. The number of hydrogen-bond acceptors (Lipinski definition) is 4. The zero-order valence-electron chi connectivity index (χ0n) is 12.4. The van der Waals surface area contributed by atoms with Gasteiger partial charge in [-0.2, -0.15) is 0 Å². The maximum absolute atomic E-state index is 12.1. The Morgan fingerprint density at radius 3 is 2.57 bits per heavy atom. The van der Waals surface area contributed by atoms with Gasteiger partial charge in [-0.05, 0) is 19.3 Å². The molecular weight excluding hydrogens is 276 g/mol. The van der Waals surface area contributed by atoms with E-state index in [1.54, 1.807) is 7.05 Å². The van der Waals surface area contributed by atoms with E-state index in [4.69, 9.17) is 9.84 Å². The van der Waals surface area contributed by atoms with Gasteiger partial charge in [-0.25, -0.2) is 4.79 Å². The minimum Gasteiger partial charge on any atom is -0.481 e. The summed E-state index contributed by atoms with van der Waals surface area (Å²) in [6.07, 6.45) is 2.82. The molecule has 0 spiro atoms. The fraction of sp³-hybridized carbons (Fsp3) is 0.857. The molecule has 21 heavy (non-hydrogen) atoms. The Morgan fingerprint density at radius 1 is 1.33 bits per heavy atom. The third kappa shape index (κ3) is 4.31. The minimum absolute atomic E-state index is 0.0922. The highest BCUT2D eigenvalue weighted by molar-refractivity contribution is 5.75. The molecule has 1 saturated carbocycles. The van der Waals surface area contributed by atoms with Crippen molar-refractivity contribution in [3.63, 3.8) is 0 Å². The van der Waals surface area contributed by atoms with Gasteiger partial charge >= 0.3 is 12.0 Å². The predicted molar refractivity (Wildman–Crippen MR) is 74.9 cm³/mol. The molecule has 0 bridgehead atoms. The Balaban J connectivity index is 1.79. The number of carboxylic acids is 1. The van der Waals surface area contributed by atoms with Crippen LogP contribution in [0, 0.1) is 5.92 Å². The van der Waals surface area contributed by atoms with Gasteiger partial charge in [0.2, 0.25) is 0 Å².